The summed E-state index contributed by atoms with van der Waals surface area (Å²) in [5.74, 6) is 0.149. The SMILES string of the molecule is N#C/C(=C\c1cc(Br)c(OCc2ccc(I)cc2)c(I)c1)C(=O)Nc1ccc(Cl)c(Cl)c1. The van der Waals surface area contributed by atoms with Gasteiger partial charge in [-0.05, 0) is 121 Å². The number of hydrogen-bond donors (Lipinski definition) is 1. The molecule has 0 saturated heterocycles. The molecule has 0 heterocycles. The van der Waals surface area contributed by atoms with E-state index < -0.39 is 5.91 Å². The van der Waals surface area contributed by atoms with E-state index in [-0.39, 0.29) is 5.57 Å². The molecule has 32 heavy (non-hydrogen) atoms. The van der Waals surface area contributed by atoms with Crippen molar-refractivity contribution in [1.29, 1.82) is 5.26 Å². The number of benzene rings is 3. The lowest BCUT2D eigenvalue weighted by Crippen LogP contribution is -2.13. The average molecular weight is 754 g/mol. The molecule has 0 unspecified atom stereocenters. The third kappa shape index (κ3) is 6.84. The molecule has 0 spiro atoms. The predicted octanol–water partition coefficient (Wildman–Crippen LogP) is 8.09. The molecular weight excluding hydrogens is 741 g/mol. The molecule has 3 aromatic carbocycles. The highest BCUT2D eigenvalue weighted by Gasteiger charge is 2.13. The number of carbonyl (C=O) groups is 1. The summed E-state index contributed by atoms with van der Waals surface area (Å²) in [5.41, 5.74) is 2.14. The van der Waals surface area contributed by atoms with E-state index in [0.717, 1.165) is 17.2 Å². The maximum atomic E-state index is 12.5. The average Bonchev–Trinajstić information content (AvgIpc) is 2.75. The number of nitriles is 1. The lowest BCUT2D eigenvalue weighted by molar-refractivity contribution is -0.112. The minimum Gasteiger partial charge on any atom is -0.487 e. The second-order valence-electron chi connectivity index (χ2n) is 6.48. The highest BCUT2D eigenvalue weighted by Crippen LogP contribution is 2.33. The van der Waals surface area contributed by atoms with Crippen LogP contribution in [0.25, 0.3) is 6.08 Å². The zero-order valence-corrected chi connectivity index (χ0v) is 23.5. The first kappa shape index (κ1) is 25.3. The monoisotopic (exact) mass is 752 g/mol. The number of halogens is 5. The maximum Gasteiger partial charge on any atom is 0.266 e. The molecule has 3 rings (SSSR count). The first-order valence-corrected chi connectivity index (χ1v) is 12.7. The zero-order valence-electron chi connectivity index (χ0n) is 16.1. The number of carbonyl (C=O) groups excluding carboxylic acids is 1. The van der Waals surface area contributed by atoms with Crippen molar-refractivity contribution in [2.75, 3.05) is 5.32 Å². The van der Waals surface area contributed by atoms with Crippen molar-refractivity contribution < 1.29 is 9.53 Å². The molecule has 0 atom stereocenters. The van der Waals surface area contributed by atoms with Crippen molar-refractivity contribution in [3.63, 3.8) is 0 Å². The normalized spacial score (nSPS) is 11.1. The van der Waals surface area contributed by atoms with Gasteiger partial charge in [-0.25, -0.2) is 0 Å². The van der Waals surface area contributed by atoms with Gasteiger partial charge >= 0.3 is 0 Å². The minimum atomic E-state index is -0.545. The zero-order chi connectivity index (χ0) is 23.3. The third-order valence-corrected chi connectivity index (χ3v) is 7.02. The molecule has 0 aromatic heterocycles. The fraction of sp³-hybridized carbons (Fsp3) is 0.0435. The van der Waals surface area contributed by atoms with Crippen LogP contribution in [-0.4, -0.2) is 5.91 Å². The van der Waals surface area contributed by atoms with Crippen LogP contribution in [0.4, 0.5) is 5.69 Å². The Labute approximate surface area is 231 Å². The Hall–Kier alpha value is -1.32. The van der Waals surface area contributed by atoms with E-state index >= 15 is 0 Å². The van der Waals surface area contributed by atoms with Crippen molar-refractivity contribution in [2.24, 2.45) is 0 Å². The smallest absolute Gasteiger partial charge is 0.266 e. The standard InChI is InChI=1S/C23H13BrCl2I2N2O2/c24-18-8-14(9-21(28)22(18)32-12-13-1-3-16(27)4-2-13)7-15(11-29)23(31)30-17-5-6-19(25)20(26)10-17/h1-10H,12H2,(H,30,31)/b15-7+. The summed E-state index contributed by atoms with van der Waals surface area (Å²) in [6.45, 7) is 0.427. The number of rotatable bonds is 6. The number of amides is 1. The molecule has 0 fully saturated rings. The molecule has 0 bridgehead atoms. The molecule has 0 saturated carbocycles. The molecule has 0 aliphatic rings. The minimum absolute atomic E-state index is 0.0497. The van der Waals surface area contributed by atoms with Gasteiger partial charge in [0.15, 0.2) is 0 Å². The van der Waals surface area contributed by atoms with Gasteiger partial charge in [0.25, 0.3) is 5.91 Å². The van der Waals surface area contributed by atoms with Gasteiger partial charge in [0.1, 0.15) is 24.0 Å². The van der Waals surface area contributed by atoms with Gasteiger partial charge in [-0.1, -0.05) is 35.3 Å². The van der Waals surface area contributed by atoms with Crippen LogP contribution in [0.3, 0.4) is 0 Å². The van der Waals surface area contributed by atoms with E-state index in [4.69, 9.17) is 27.9 Å². The number of nitrogens with zero attached hydrogens (tertiary/aromatic N) is 1. The van der Waals surface area contributed by atoms with Gasteiger partial charge in [-0.2, -0.15) is 5.26 Å². The number of nitrogens with one attached hydrogen (secondary N) is 1. The Bertz CT molecular complexity index is 1220. The molecule has 0 aliphatic carbocycles. The molecule has 162 valence electrons. The van der Waals surface area contributed by atoms with Crippen molar-refractivity contribution in [1.82, 2.24) is 0 Å². The second-order valence-corrected chi connectivity index (χ2v) is 10.6. The summed E-state index contributed by atoms with van der Waals surface area (Å²) < 4.78 is 8.71. The Morgan fingerprint density at radius 3 is 2.44 bits per heavy atom. The molecule has 1 N–H and O–H groups in total. The molecule has 1 amide bonds. The molecule has 4 nitrogen and oxygen atoms in total. The molecular formula is C23H13BrCl2I2N2O2. The van der Waals surface area contributed by atoms with E-state index in [1.165, 1.54) is 12.1 Å². The van der Waals surface area contributed by atoms with Gasteiger partial charge in [-0.15, -0.1) is 0 Å². The Kier molecular flexibility index (Phi) is 9.25. The summed E-state index contributed by atoms with van der Waals surface area (Å²) >= 11 is 19.8. The van der Waals surface area contributed by atoms with Crippen LogP contribution in [0, 0.1) is 18.5 Å². The van der Waals surface area contributed by atoms with Gasteiger partial charge < -0.3 is 10.1 Å². The van der Waals surface area contributed by atoms with Crippen LogP contribution in [0.1, 0.15) is 11.1 Å². The van der Waals surface area contributed by atoms with Crippen molar-refractivity contribution in [3.05, 3.63) is 93.0 Å². The van der Waals surface area contributed by atoms with Crippen LogP contribution >= 0.6 is 84.3 Å². The number of anilines is 1. The van der Waals surface area contributed by atoms with E-state index in [0.29, 0.717) is 33.7 Å². The van der Waals surface area contributed by atoms with E-state index in [1.54, 1.807) is 18.2 Å². The van der Waals surface area contributed by atoms with Crippen molar-refractivity contribution in [2.45, 2.75) is 6.61 Å². The topological polar surface area (TPSA) is 62.1 Å². The molecule has 3 aromatic rings. The van der Waals surface area contributed by atoms with Crippen LogP contribution in [-0.2, 0) is 11.4 Å². The predicted molar refractivity (Wildman–Crippen MR) is 149 cm³/mol. The highest BCUT2D eigenvalue weighted by atomic mass is 127. The van der Waals surface area contributed by atoms with Gasteiger partial charge in [-0.3, -0.25) is 4.79 Å². The lowest BCUT2D eigenvalue weighted by atomic mass is 10.1. The Morgan fingerprint density at radius 1 is 1.09 bits per heavy atom. The summed E-state index contributed by atoms with van der Waals surface area (Å²) in [6.07, 6.45) is 1.52. The maximum absolute atomic E-state index is 12.5. The fourth-order valence-corrected chi connectivity index (χ4v) is 5.05. The first-order chi connectivity index (χ1) is 15.3. The van der Waals surface area contributed by atoms with Crippen LogP contribution in [0.15, 0.2) is 64.6 Å². The molecule has 0 radical (unpaired) electrons. The van der Waals surface area contributed by atoms with Crippen molar-refractivity contribution in [3.8, 4) is 11.8 Å². The van der Waals surface area contributed by atoms with Crippen LogP contribution in [0.5, 0.6) is 5.75 Å². The second kappa shape index (κ2) is 11.7. The van der Waals surface area contributed by atoms with E-state index in [2.05, 4.69) is 66.4 Å². The molecule has 9 heteroatoms. The van der Waals surface area contributed by atoms with E-state index in [1.807, 2.05) is 36.4 Å². The lowest BCUT2D eigenvalue weighted by Gasteiger charge is -2.12. The van der Waals surface area contributed by atoms with Gasteiger partial charge in [0.05, 0.1) is 18.1 Å². The summed E-state index contributed by atoms with van der Waals surface area (Å²) in [4.78, 5) is 12.5. The Balaban J connectivity index is 1.77. The summed E-state index contributed by atoms with van der Waals surface area (Å²) in [7, 11) is 0. The van der Waals surface area contributed by atoms with Crippen LogP contribution in [0.2, 0.25) is 10.0 Å². The largest absolute Gasteiger partial charge is 0.487 e. The van der Waals surface area contributed by atoms with Crippen molar-refractivity contribution >= 4 is 102 Å². The molecule has 0 aliphatic heterocycles. The quantitative estimate of drug-likeness (QED) is 0.157. The number of ether oxygens (including phenoxy) is 1. The Morgan fingerprint density at radius 2 is 1.81 bits per heavy atom. The first-order valence-electron chi connectivity index (χ1n) is 9.01. The number of hydrogen-bond acceptors (Lipinski definition) is 3. The van der Waals surface area contributed by atoms with Crippen LogP contribution < -0.4 is 10.1 Å². The highest BCUT2D eigenvalue weighted by molar-refractivity contribution is 14.1. The fourth-order valence-electron chi connectivity index (χ4n) is 2.62. The third-order valence-electron chi connectivity index (χ3n) is 4.17. The van der Waals surface area contributed by atoms with Gasteiger partial charge in [0, 0.05) is 9.26 Å². The van der Waals surface area contributed by atoms with Gasteiger partial charge in [0.2, 0.25) is 0 Å². The van der Waals surface area contributed by atoms with E-state index in [9.17, 15) is 10.1 Å². The summed E-state index contributed by atoms with van der Waals surface area (Å²) in [5, 5.41) is 12.8. The summed E-state index contributed by atoms with van der Waals surface area (Å²) in [6, 6.07) is 18.4.